The second-order valence-corrected chi connectivity index (χ2v) is 5.76. The van der Waals surface area contributed by atoms with E-state index in [0.717, 1.165) is 13.2 Å². The second-order valence-electron chi connectivity index (χ2n) is 5.76. The Hall–Kier alpha value is -0.295. The minimum absolute atomic E-state index is 0.984. The van der Waals surface area contributed by atoms with Crippen molar-refractivity contribution in [1.29, 1.82) is 0 Å². The molecular formula is C14H30BF4NO. The molecule has 1 aliphatic rings. The van der Waals surface area contributed by atoms with Gasteiger partial charge in [-0.05, 0) is 25.7 Å². The van der Waals surface area contributed by atoms with Gasteiger partial charge in [-0.25, -0.2) is 0 Å². The van der Waals surface area contributed by atoms with Crippen LogP contribution in [0.5, 0.6) is 0 Å². The Morgan fingerprint density at radius 3 is 1.52 bits per heavy atom. The number of hydrogen-bond donors (Lipinski definition) is 0. The average molecular weight is 315 g/mol. The van der Waals surface area contributed by atoms with E-state index in [0.29, 0.717) is 0 Å². The van der Waals surface area contributed by atoms with E-state index in [1.54, 1.807) is 0 Å². The number of ether oxygens (including phenoxy) is 1. The first-order valence-electron chi connectivity index (χ1n) is 8.13. The maximum atomic E-state index is 9.75. The van der Waals surface area contributed by atoms with Crippen molar-refractivity contribution in [3.63, 3.8) is 0 Å². The van der Waals surface area contributed by atoms with Gasteiger partial charge in [-0.15, -0.1) is 0 Å². The summed E-state index contributed by atoms with van der Waals surface area (Å²) in [6.45, 7) is 11.8. The highest BCUT2D eigenvalue weighted by Crippen LogP contribution is 2.16. The molecule has 0 atom stereocenters. The minimum atomic E-state index is -6.00. The third-order valence-electron chi connectivity index (χ3n) is 3.89. The minimum Gasteiger partial charge on any atom is -0.418 e. The fourth-order valence-electron chi connectivity index (χ4n) is 2.68. The molecule has 0 aliphatic carbocycles. The molecule has 0 N–H and O–H groups in total. The van der Waals surface area contributed by atoms with Gasteiger partial charge in [0.05, 0.1) is 26.3 Å². The van der Waals surface area contributed by atoms with Crippen molar-refractivity contribution >= 4 is 7.25 Å². The first kappa shape index (κ1) is 20.7. The molecule has 0 aromatic carbocycles. The molecule has 0 spiro atoms. The lowest BCUT2D eigenvalue weighted by Crippen LogP contribution is -2.56. The van der Waals surface area contributed by atoms with Crippen molar-refractivity contribution in [2.24, 2.45) is 0 Å². The molecule has 1 saturated heterocycles. The maximum absolute atomic E-state index is 9.75. The van der Waals surface area contributed by atoms with Gasteiger partial charge in [0.15, 0.2) is 0 Å². The van der Waals surface area contributed by atoms with Crippen LogP contribution in [0.2, 0.25) is 0 Å². The number of halogens is 4. The lowest BCUT2D eigenvalue weighted by molar-refractivity contribution is -0.935. The van der Waals surface area contributed by atoms with Crippen molar-refractivity contribution in [2.75, 3.05) is 39.4 Å². The second kappa shape index (κ2) is 11.3. The molecule has 1 aliphatic heterocycles. The van der Waals surface area contributed by atoms with Gasteiger partial charge >= 0.3 is 7.25 Å². The Balaban J connectivity index is 0.000000690. The van der Waals surface area contributed by atoms with Crippen molar-refractivity contribution < 1.29 is 26.5 Å². The summed E-state index contributed by atoms with van der Waals surface area (Å²) in [5.41, 5.74) is 0. The summed E-state index contributed by atoms with van der Waals surface area (Å²) in [7, 11) is -6.00. The van der Waals surface area contributed by atoms with Crippen LogP contribution in [-0.2, 0) is 4.74 Å². The Morgan fingerprint density at radius 1 is 0.810 bits per heavy atom. The van der Waals surface area contributed by atoms with Gasteiger partial charge in [0.1, 0.15) is 13.1 Å². The Morgan fingerprint density at radius 2 is 1.19 bits per heavy atom. The molecule has 0 radical (unpaired) electrons. The zero-order chi connectivity index (χ0) is 16.2. The molecule has 0 amide bonds. The molecule has 21 heavy (non-hydrogen) atoms. The maximum Gasteiger partial charge on any atom is 0.673 e. The van der Waals surface area contributed by atoms with Crippen LogP contribution in [-0.4, -0.2) is 51.1 Å². The average Bonchev–Trinajstić information content (AvgIpc) is 2.39. The summed E-state index contributed by atoms with van der Waals surface area (Å²) >= 11 is 0. The van der Waals surface area contributed by atoms with Crippen LogP contribution >= 0.6 is 0 Å². The van der Waals surface area contributed by atoms with Crippen LogP contribution in [0.1, 0.15) is 52.4 Å². The highest BCUT2D eigenvalue weighted by molar-refractivity contribution is 6.50. The van der Waals surface area contributed by atoms with Crippen LogP contribution in [0.25, 0.3) is 0 Å². The van der Waals surface area contributed by atoms with Gasteiger partial charge in [-0.3, -0.25) is 0 Å². The SMILES string of the molecule is CCCCC[N+]1(CCCCC)CCOCC1.F[B-](F)(F)F. The zero-order valence-corrected chi connectivity index (χ0v) is 13.4. The fraction of sp³-hybridized carbons (Fsp3) is 1.00. The number of quaternary nitrogens is 1. The van der Waals surface area contributed by atoms with E-state index in [1.807, 2.05) is 0 Å². The van der Waals surface area contributed by atoms with E-state index >= 15 is 0 Å². The van der Waals surface area contributed by atoms with E-state index < -0.39 is 7.25 Å². The topological polar surface area (TPSA) is 9.23 Å². The van der Waals surface area contributed by atoms with Crippen LogP contribution in [0, 0.1) is 0 Å². The molecule has 7 heteroatoms. The molecule has 0 aromatic rings. The number of morpholine rings is 1. The van der Waals surface area contributed by atoms with Gasteiger partial charge in [-0.1, -0.05) is 26.7 Å². The smallest absolute Gasteiger partial charge is 0.418 e. The van der Waals surface area contributed by atoms with E-state index in [2.05, 4.69) is 13.8 Å². The Labute approximate surface area is 126 Å². The van der Waals surface area contributed by atoms with Crippen molar-refractivity contribution in [1.82, 2.24) is 0 Å². The van der Waals surface area contributed by atoms with E-state index in [-0.39, 0.29) is 0 Å². The van der Waals surface area contributed by atoms with Gasteiger partial charge in [-0.2, -0.15) is 0 Å². The summed E-state index contributed by atoms with van der Waals surface area (Å²) in [5, 5.41) is 0. The van der Waals surface area contributed by atoms with E-state index in [4.69, 9.17) is 4.74 Å². The summed E-state index contributed by atoms with van der Waals surface area (Å²) < 4.78 is 45.9. The van der Waals surface area contributed by atoms with Gasteiger partial charge in [0.2, 0.25) is 0 Å². The molecule has 128 valence electrons. The van der Waals surface area contributed by atoms with Crippen LogP contribution in [0.15, 0.2) is 0 Å². The fourth-order valence-corrected chi connectivity index (χ4v) is 2.68. The lowest BCUT2D eigenvalue weighted by atomic mass is 10.1. The monoisotopic (exact) mass is 315 g/mol. The van der Waals surface area contributed by atoms with Gasteiger partial charge < -0.3 is 26.5 Å². The molecule has 2 nitrogen and oxygen atoms in total. The summed E-state index contributed by atoms with van der Waals surface area (Å²) in [5.74, 6) is 0. The molecule has 0 aromatic heterocycles. The van der Waals surface area contributed by atoms with Gasteiger partial charge in [0, 0.05) is 0 Å². The summed E-state index contributed by atoms with van der Waals surface area (Å²) in [4.78, 5) is 0. The van der Waals surface area contributed by atoms with E-state index in [1.165, 1.54) is 69.2 Å². The predicted octanol–water partition coefficient (Wildman–Crippen LogP) is 4.51. The highest BCUT2D eigenvalue weighted by Gasteiger charge is 2.28. The number of nitrogens with zero attached hydrogens (tertiary/aromatic N) is 1. The Kier molecular flexibility index (Phi) is 11.1. The molecule has 0 unspecified atom stereocenters. The summed E-state index contributed by atoms with van der Waals surface area (Å²) in [6.07, 6.45) is 8.28. The van der Waals surface area contributed by atoms with Crippen molar-refractivity contribution in [2.45, 2.75) is 52.4 Å². The van der Waals surface area contributed by atoms with Crippen LogP contribution < -0.4 is 0 Å². The Bertz CT molecular complexity index is 228. The molecule has 1 heterocycles. The molecule has 1 fully saturated rings. The van der Waals surface area contributed by atoms with Gasteiger partial charge in [0.25, 0.3) is 0 Å². The molecule has 0 saturated carbocycles. The number of rotatable bonds is 8. The molecular weight excluding hydrogens is 285 g/mol. The number of unbranched alkanes of at least 4 members (excludes halogenated alkanes) is 4. The molecule has 1 rings (SSSR count). The quantitative estimate of drug-likeness (QED) is 0.277. The number of hydrogen-bond acceptors (Lipinski definition) is 1. The summed E-state index contributed by atoms with van der Waals surface area (Å²) in [6, 6.07) is 0. The van der Waals surface area contributed by atoms with Crippen LogP contribution in [0.4, 0.5) is 17.3 Å². The lowest BCUT2D eigenvalue weighted by Gasteiger charge is -2.41. The third-order valence-corrected chi connectivity index (χ3v) is 3.89. The third kappa shape index (κ3) is 13.1. The zero-order valence-electron chi connectivity index (χ0n) is 13.4. The van der Waals surface area contributed by atoms with E-state index in [9.17, 15) is 17.3 Å². The standard InChI is InChI=1S/C14H30NO.BF4/c1-3-5-7-9-15(10-8-6-4-2)11-13-16-14-12-15;2-1(3,4)5/h3-14H2,1-2H3;/q+1;-1. The highest BCUT2D eigenvalue weighted by atomic mass is 19.5. The van der Waals surface area contributed by atoms with Crippen molar-refractivity contribution in [3.8, 4) is 0 Å². The first-order chi connectivity index (χ1) is 9.83. The predicted molar refractivity (Wildman–Crippen MR) is 79.8 cm³/mol. The van der Waals surface area contributed by atoms with Crippen molar-refractivity contribution in [3.05, 3.63) is 0 Å². The normalized spacial score (nSPS) is 18.0. The largest absolute Gasteiger partial charge is 0.673 e. The first-order valence-corrected chi connectivity index (χ1v) is 8.13. The van der Waals surface area contributed by atoms with Crippen LogP contribution in [0.3, 0.4) is 0 Å². The molecule has 0 bridgehead atoms.